The van der Waals surface area contributed by atoms with E-state index in [9.17, 15) is 23.5 Å². The summed E-state index contributed by atoms with van der Waals surface area (Å²) in [6, 6.07) is 0. The zero-order valence-corrected chi connectivity index (χ0v) is 14.5. The molecule has 2 heterocycles. The predicted octanol–water partition coefficient (Wildman–Crippen LogP) is 1.91. The van der Waals surface area contributed by atoms with E-state index >= 15 is 0 Å². The number of aliphatic hydroxyl groups is 1. The van der Waals surface area contributed by atoms with Gasteiger partial charge in [-0.3, -0.25) is 9.59 Å². The first-order chi connectivity index (χ1) is 11.1. The summed E-state index contributed by atoms with van der Waals surface area (Å²) in [7, 11) is 0. The lowest BCUT2D eigenvalue weighted by Gasteiger charge is -2.31. The van der Waals surface area contributed by atoms with E-state index in [1.165, 1.54) is 10.3 Å². The van der Waals surface area contributed by atoms with Crippen LogP contribution >= 0.6 is 11.3 Å². The number of piperidine rings is 1. The van der Waals surface area contributed by atoms with Crippen molar-refractivity contribution in [3.63, 3.8) is 0 Å². The second-order valence-electron chi connectivity index (χ2n) is 6.50. The Morgan fingerprint density at radius 3 is 2.62 bits per heavy atom. The van der Waals surface area contributed by atoms with Crippen LogP contribution < -0.4 is 5.32 Å². The van der Waals surface area contributed by atoms with Crippen LogP contribution in [0, 0.1) is 0 Å². The van der Waals surface area contributed by atoms with Crippen molar-refractivity contribution in [3.05, 3.63) is 16.1 Å². The van der Waals surface area contributed by atoms with Crippen LogP contribution in [0.2, 0.25) is 0 Å². The molecule has 1 aliphatic heterocycles. The van der Waals surface area contributed by atoms with Gasteiger partial charge in [-0.15, -0.1) is 11.3 Å². The number of likely N-dealkylation sites (tertiary alicyclic amines) is 1. The van der Waals surface area contributed by atoms with Gasteiger partial charge in [0, 0.05) is 37.9 Å². The summed E-state index contributed by atoms with van der Waals surface area (Å²) in [5.41, 5.74) is -0.786. The fourth-order valence-electron chi connectivity index (χ4n) is 2.23. The van der Waals surface area contributed by atoms with Gasteiger partial charge in [0.05, 0.1) is 5.60 Å². The third-order valence-electron chi connectivity index (χ3n) is 3.72. The van der Waals surface area contributed by atoms with E-state index in [1.54, 1.807) is 13.8 Å². The highest BCUT2D eigenvalue weighted by molar-refractivity contribution is 7.11. The summed E-state index contributed by atoms with van der Waals surface area (Å²) in [4.78, 5) is 29.5. The van der Waals surface area contributed by atoms with E-state index in [-0.39, 0.29) is 43.2 Å². The molecular formula is C15H21F2N3O3S. The highest BCUT2D eigenvalue weighted by Gasteiger charge is 2.36. The van der Waals surface area contributed by atoms with E-state index in [0.29, 0.717) is 6.42 Å². The Morgan fingerprint density at radius 2 is 2.04 bits per heavy atom. The van der Waals surface area contributed by atoms with E-state index in [1.807, 2.05) is 0 Å². The van der Waals surface area contributed by atoms with Crippen molar-refractivity contribution in [1.29, 1.82) is 0 Å². The average molecular weight is 361 g/mol. The molecule has 134 valence electrons. The fourth-order valence-corrected chi connectivity index (χ4v) is 2.94. The van der Waals surface area contributed by atoms with Crippen LogP contribution in [-0.4, -0.2) is 58.0 Å². The van der Waals surface area contributed by atoms with E-state index in [2.05, 4.69) is 10.3 Å². The lowest BCUT2D eigenvalue weighted by Crippen LogP contribution is -2.42. The van der Waals surface area contributed by atoms with Gasteiger partial charge < -0.3 is 15.3 Å². The number of nitrogens with zero attached hydrogens (tertiary/aromatic N) is 2. The van der Waals surface area contributed by atoms with Crippen molar-refractivity contribution in [2.75, 3.05) is 19.6 Å². The molecule has 24 heavy (non-hydrogen) atoms. The number of amides is 2. The number of hydrogen-bond acceptors (Lipinski definition) is 5. The Bertz CT molecular complexity index is 603. The number of thiazole rings is 1. The summed E-state index contributed by atoms with van der Waals surface area (Å²) >= 11 is 1.03. The van der Waals surface area contributed by atoms with Gasteiger partial charge in [0.2, 0.25) is 0 Å². The van der Waals surface area contributed by atoms with Crippen LogP contribution in [0.1, 0.15) is 53.4 Å². The van der Waals surface area contributed by atoms with Gasteiger partial charge in [-0.05, 0) is 20.3 Å². The van der Waals surface area contributed by atoms with Gasteiger partial charge in [-0.1, -0.05) is 0 Å². The molecule has 0 radical (unpaired) electrons. The monoisotopic (exact) mass is 361 g/mol. The minimum atomic E-state index is -2.72. The van der Waals surface area contributed by atoms with Crippen LogP contribution in [0.5, 0.6) is 0 Å². The molecule has 1 aromatic heterocycles. The van der Waals surface area contributed by atoms with Gasteiger partial charge >= 0.3 is 0 Å². The summed E-state index contributed by atoms with van der Waals surface area (Å²) < 4.78 is 26.3. The van der Waals surface area contributed by atoms with E-state index in [4.69, 9.17) is 0 Å². The minimum absolute atomic E-state index is 0.0174. The van der Waals surface area contributed by atoms with Gasteiger partial charge in [0.15, 0.2) is 5.01 Å². The highest BCUT2D eigenvalue weighted by Crippen LogP contribution is 2.28. The average Bonchev–Trinajstić information content (AvgIpc) is 2.95. The van der Waals surface area contributed by atoms with Crippen LogP contribution in [0.25, 0.3) is 0 Å². The SMILES string of the molecule is CC(C)(O)CCNC(=O)c1nc(C(=O)N2CCC(F)(F)CC2)cs1. The maximum atomic E-state index is 13.1. The Labute approximate surface area is 142 Å². The van der Waals surface area contributed by atoms with Gasteiger partial charge in [0.25, 0.3) is 17.7 Å². The maximum Gasteiger partial charge on any atom is 0.280 e. The molecular weight excluding hydrogens is 340 g/mol. The molecule has 0 aliphatic carbocycles. The molecule has 1 aliphatic rings. The van der Waals surface area contributed by atoms with E-state index in [0.717, 1.165) is 11.3 Å². The first-order valence-corrected chi connectivity index (χ1v) is 8.59. The Kier molecular flexibility index (Phi) is 5.54. The second kappa shape index (κ2) is 7.10. The molecule has 2 rings (SSSR count). The maximum absolute atomic E-state index is 13.1. The normalized spacial score (nSPS) is 17.6. The number of nitrogens with one attached hydrogen (secondary N) is 1. The third kappa shape index (κ3) is 5.20. The largest absolute Gasteiger partial charge is 0.390 e. The molecule has 1 fully saturated rings. The molecule has 9 heteroatoms. The molecule has 1 aromatic rings. The number of hydrogen-bond donors (Lipinski definition) is 2. The summed E-state index contributed by atoms with van der Waals surface area (Å²) in [5, 5.41) is 13.8. The first kappa shape index (κ1) is 18.7. The third-order valence-corrected chi connectivity index (χ3v) is 4.56. The standard InChI is InChI=1S/C15H21F2N3O3S/c1-14(2,23)3-6-18-11(21)12-19-10(9-24-12)13(22)20-7-4-15(16,17)5-8-20/h9,23H,3-8H2,1-2H3,(H,18,21). The molecule has 2 N–H and O–H groups in total. The Balaban J connectivity index is 1.90. The molecule has 0 spiro atoms. The second-order valence-corrected chi connectivity index (χ2v) is 7.36. The Hall–Kier alpha value is -1.61. The van der Waals surface area contributed by atoms with Crippen LogP contribution in [0.4, 0.5) is 8.78 Å². The van der Waals surface area contributed by atoms with Crippen molar-refractivity contribution in [2.45, 2.75) is 44.6 Å². The van der Waals surface area contributed by atoms with Crippen LogP contribution in [0.15, 0.2) is 5.38 Å². The van der Waals surface area contributed by atoms with Gasteiger partial charge in [-0.2, -0.15) is 0 Å². The first-order valence-electron chi connectivity index (χ1n) is 7.71. The zero-order chi connectivity index (χ0) is 18.0. The van der Waals surface area contributed by atoms with Crippen LogP contribution in [0.3, 0.4) is 0 Å². The van der Waals surface area contributed by atoms with Gasteiger partial charge in [-0.25, -0.2) is 13.8 Å². The Morgan fingerprint density at radius 1 is 1.42 bits per heavy atom. The number of aromatic nitrogens is 1. The number of rotatable bonds is 5. The zero-order valence-electron chi connectivity index (χ0n) is 13.6. The molecule has 0 bridgehead atoms. The molecule has 0 aromatic carbocycles. The quantitative estimate of drug-likeness (QED) is 0.839. The molecule has 2 amide bonds. The lowest BCUT2D eigenvalue weighted by atomic mass is 10.1. The van der Waals surface area contributed by atoms with Gasteiger partial charge in [0.1, 0.15) is 5.69 Å². The molecule has 0 saturated carbocycles. The number of carbonyl (C=O) groups is 2. The smallest absolute Gasteiger partial charge is 0.280 e. The fraction of sp³-hybridized carbons (Fsp3) is 0.667. The summed E-state index contributed by atoms with van der Waals surface area (Å²) in [6.07, 6.45) is -0.321. The molecule has 0 atom stereocenters. The summed E-state index contributed by atoms with van der Waals surface area (Å²) in [5.74, 6) is -3.57. The summed E-state index contributed by atoms with van der Waals surface area (Å²) in [6.45, 7) is 3.53. The number of alkyl halides is 2. The molecule has 1 saturated heterocycles. The number of carbonyl (C=O) groups excluding carboxylic acids is 2. The minimum Gasteiger partial charge on any atom is -0.390 e. The van der Waals surface area contributed by atoms with Crippen molar-refractivity contribution < 1.29 is 23.5 Å². The van der Waals surface area contributed by atoms with Crippen molar-refractivity contribution >= 4 is 23.2 Å². The predicted molar refractivity (Wildman–Crippen MR) is 85.4 cm³/mol. The van der Waals surface area contributed by atoms with E-state index < -0.39 is 23.3 Å². The number of halogens is 2. The lowest BCUT2D eigenvalue weighted by molar-refractivity contribution is -0.0495. The molecule has 0 unspecified atom stereocenters. The van der Waals surface area contributed by atoms with Crippen molar-refractivity contribution in [3.8, 4) is 0 Å². The topological polar surface area (TPSA) is 82.5 Å². The molecule has 6 nitrogen and oxygen atoms in total. The van der Waals surface area contributed by atoms with Crippen LogP contribution in [-0.2, 0) is 0 Å². The highest BCUT2D eigenvalue weighted by atomic mass is 32.1. The van der Waals surface area contributed by atoms with Crippen molar-refractivity contribution in [1.82, 2.24) is 15.2 Å². The van der Waals surface area contributed by atoms with Crippen molar-refractivity contribution in [2.24, 2.45) is 0 Å².